The highest BCUT2D eigenvalue weighted by Gasteiger charge is 2.43. The molecule has 1 aliphatic heterocycles. The normalized spacial score (nSPS) is 21.1. The van der Waals surface area contributed by atoms with Crippen LogP contribution in [-0.2, 0) is 9.59 Å². The van der Waals surface area contributed by atoms with Crippen LogP contribution in [-0.4, -0.2) is 11.7 Å². The monoisotopic (exact) mass is 394 g/mol. The quantitative estimate of drug-likeness (QED) is 0.727. The lowest BCUT2D eigenvalue weighted by molar-refractivity contribution is -0.122. The Balaban J connectivity index is 2.00. The van der Waals surface area contributed by atoms with Gasteiger partial charge >= 0.3 is 0 Å². The van der Waals surface area contributed by atoms with Gasteiger partial charge in [-0.1, -0.05) is 45.9 Å². The SMILES string of the molecule is CC(C)C(=O)N1c2ccccc2NC2=C(C(=O)CC(C)(C)C2)C1c1cccs1. The largest absolute Gasteiger partial charge is 0.357 e. The molecule has 0 radical (unpaired) electrons. The Morgan fingerprint density at radius 2 is 1.93 bits per heavy atom. The van der Waals surface area contributed by atoms with E-state index in [2.05, 4.69) is 19.2 Å². The Bertz CT molecular complexity index is 957. The van der Waals surface area contributed by atoms with Gasteiger partial charge in [-0.3, -0.25) is 14.5 Å². The second-order valence-corrected chi connectivity index (χ2v) is 9.74. The first-order chi connectivity index (χ1) is 13.3. The number of fused-ring (bicyclic) bond motifs is 1. The van der Waals surface area contributed by atoms with Crippen LogP contribution in [0.1, 0.15) is 51.5 Å². The molecule has 1 amide bonds. The molecule has 0 bridgehead atoms. The third-order valence-corrected chi connectivity index (χ3v) is 6.37. The first-order valence-electron chi connectivity index (χ1n) is 9.77. The molecule has 0 spiro atoms. The molecule has 1 aromatic heterocycles. The van der Waals surface area contributed by atoms with Gasteiger partial charge in [0.2, 0.25) is 5.91 Å². The molecule has 1 aromatic carbocycles. The average Bonchev–Trinajstić information content (AvgIpc) is 3.09. The third kappa shape index (κ3) is 3.18. The molecule has 2 aliphatic rings. The molecule has 1 aliphatic carbocycles. The van der Waals surface area contributed by atoms with Crippen LogP contribution in [0.4, 0.5) is 11.4 Å². The zero-order valence-corrected chi connectivity index (χ0v) is 17.6. The predicted molar refractivity (Wildman–Crippen MR) is 114 cm³/mol. The molecule has 1 unspecified atom stereocenters. The average molecular weight is 395 g/mol. The Morgan fingerprint density at radius 1 is 1.18 bits per heavy atom. The smallest absolute Gasteiger partial charge is 0.230 e. The number of carbonyl (C=O) groups excluding carboxylic acids is 2. The molecule has 4 rings (SSSR count). The van der Waals surface area contributed by atoms with Crippen LogP contribution in [0.15, 0.2) is 53.0 Å². The number of Topliss-reactive ketones (excluding diaryl/α,β-unsaturated/α-hetero) is 1. The van der Waals surface area contributed by atoms with E-state index in [1.165, 1.54) is 0 Å². The first kappa shape index (κ1) is 18.9. The molecule has 1 N–H and O–H groups in total. The predicted octanol–water partition coefficient (Wildman–Crippen LogP) is 5.55. The van der Waals surface area contributed by atoms with E-state index in [1.54, 1.807) is 11.3 Å². The van der Waals surface area contributed by atoms with Gasteiger partial charge in [0.1, 0.15) is 6.04 Å². The van der Waals surface area contributed by atoms with Crippen LogP contribution in [0.2, 0.25) is 0 Å². The van der Waals surface area contributed by atoms with E-state index < -0.39 is 0 Å². The number of thiophene rings is 1. The van der Waals surface area contributed by atoms with E-state index in [0.29, 0.717) is 6.42 Å². The molecular weight excluding hydrogens is 368 g/mol. The summed E-state index contributed by atoms with van der Waals surface area (Å²) in [6.45, 7) is 8.08. The van der Waals surface area contributed by atoms with Gasteiger partial charge in [-0.25, -0.2) is 0 Å². The summed E-state index contributed by atoms with van der Waals surface area (Å²) in [6.07, 6.45) is 1.28. The van der Waals surface area contributed by atoms with Crippen molar-refractivity contribution < 1.29 is 9.59 Å². The number of hydrogen-bond acceptors (Lipinski definition) is 4. The van der Waals surface area contributed by atoms with Crippen molar-refractivity contribution in [2.75, 3.05) is 10.2 Å². The van der Waals surface area contributed by atoms with Gasteiger partial charge in [0.25, 0.3) is 0 Å². The number of nitrogens with one attached hydrogen (secondary N) is 1. The van der Waals surface area contributed by atoms with Gasteiger partial charge in [0.15, 0.2) is 5.78 Å². The van der Waals surface area contributed by atoms with Gasteiger partial charge in [-0.05, 0) is 35.4 Å². The summed E-state index contributed by atoms with van der Waals surface area (Å²) in [4.78, 5) is 29.6. The maximum Gasteiger partial charge on any atom is 0.230 e. The summed E-state index contributed by atoms with van der Waals surface area (Å²) in [6, 6.07) is 11.5. The molecule has 0 saturated carbocycles. The Kier molecular flexibility index (Phi) is 4.66. The van der Waals surface area contributed by atoms with E-state index >= 15 is 0 Å². The molecule has 5 heteroatoms. The van der Waals surface area contributed by atoms with Crippen molar-refractivity contribution in [2.45, 2.75) is 46.6 Å². The number of rotatable bonds is 2. The first-order valence-corrected chi connectivity index (χ1v) is 10.7. The van der Waals surface area contributed by atoms with Crippen molar-refractivity contribution in [3.63, 3.8) is 0 Å². The van der Waals surface area contributed by atoms with Gasteiger partial charge < -0.3 is 5.32 Å². The number of hydrogen-bond donors (Lipinski definition) is 1. The fourth-order valence-corrected chi connectivity index (χ4v) is 5.05. The highest BCUT2D eigenvalue weighted by molar-refractivity contribution is 7.10. The topological polar surface area (TPSA) is 49.4 Å². The summed E-state index contributed by atoms with van der Waals surface area (Å²) >= 11 is 1.60. The molecule has 2 aromatic rings. The molecule has 4 nitrogen and oxygen atoms in total. The summed E-state index contributed by atoms with van der Waals surface area (Å²) in [5, 5.41) is 5.54. The number of allylic oxidation sites excluding steroid dienone is 1. The van der Waals surface area contributed by atoms with Crippen molar-refractivity contribution in [3.05, 3.63) is 57.9 Å². The number of carbonyl (C=O) groups is 2. The number of para-hydroxylation sites is 2. The van der Waals surface area contributed by atoms with Crippen molar-refractivity contribution in [1.82, 2.24) is 0 Å². The lowest BCUT2D eigenvalue weighted by atomic mass is 9.74. The van der Waals surface area contributed by atoms with Crippen LogP contribution in [0, 0.1) is 11.3 Å². The van der Waals surface area contributed by atoms with E-state index in [0.717, 1.165) is 33.9 Å². The molecule has 0 fully saturated rings. The molecule has 146 valence electrons. The van der Waals surface area contributed by atoms with E-state index in [1.807, 2.05) is 60.5 Å². The zero-order valence-electron chi connectivity index (χ0n) is 16.8. The second kappa shape index (κ2) is 6.89. The zero-order chi connectivity index (χ0) is 20.1. The lowest BCUT2D eigenvalue weighted by Crippen LogP contribution is -2.41. The van der Waals surface area contributed by atoms with Gasteiger partial charge in [-0.15, -0.1) is 11.3 Å². The Morgan fingerprint density at radius 3 is 2.61 bits per heavy atom. The van der Waals surface area contributed by atoms with Crippen molar-refractivity contribution >= 4 is 34.4 Å². The lowest BCUT2D eigenvalue weighted by Gasteiger charge is -2.37. The number of anilines is 2. The Labute approximate surface area is 170 Å². The number of amides is 1. The van der Waals surface area contributed by atoms with E-state index in [9.17, 15) is 9.59 Å². The van der Waals surface area contributed by atoms with Crippen LogP contribution in [0.25, 0.3) is 0 Å². The second-order valence-electron chi connectivity index (χ2n) is 8.76. The standard InChI is InChI=1S/C23H26N2O2S/c1-14(2)22(27)25-17-9-6-5-8-15(17)24-16-12-23(3,4)13-18(26)20(16)21(25)19-10-7-11-28-19/h5-11,14,21,24H,12-13H2,1-4H3. The van der Waals surface area contributed by atoms with E-state index in [4.69, 9.17) is 0 Å². The highest BCUT2D eigenvalue weighted by atomic mass is 32.1. The maximum absolute atomic E-state index is 13.4. The fraction of sp³-hybridized carbons (Fsp3) is 0.391. The summed E-state index contributed by atoms with van der Waals surface area (Å²) in [5.74, 6) is -0.0154. The van der Waals surface area contributed by atoms with Gasteiger partial charge in [0.05, 0.1) is 11.4 Å². The van der Waals surface area contributed by atoms with E-state index in [-0.39, 0.29) is 29.1 Å². The van der Waals surface area contributed by atoms with Crippen molar-refractivity contribution in [1.29, 1.82) is 0 Å². The molecule has 28 heavy (non-hydrogen) atoms. The van der Waals surface area contributed by atoms with Gasteiger partial charge in [0, 0.05) is 28.5 Å². The van der Waals surface area contributed by atoms with Crippen LogP contribution in [0.3, 0.4) is 0 Å². The highest BCUT2D eigenvalue weighted by Crippen LogP contribution is 2.49. The maximum atomic E-state index is 13.4. The molecular formula is C23H26N2O2S. The summed E-state index contributed by atoms with van der Waals surface area (Å²) in [7, 11) is 0. The minimum atomic E-state index is -0.385. The van der Waals surface area contributed by atoms with Crippen LogP contribution < -0.4 is 10.2 Å². The van der Waals surface area contributed by atoms with Crippen molar-refractivity contribution in [3.8, 4) is 0 Å². The summed E-state index contributed by atoms with van der Waals surface area (Å²) < 4.78 is 0. The minimum Gasteiger partial charge on any atom is -0.357 e. The number of nitrogens with zero attached hydrogens (tertiary/aromatic N) is 1. The molecule has 2 heterocycles. The van der Waals surface area contributed by atoms with Gasteiger partial charge in [-0.2, -0.15) is 0 Å². The number of ketones is 1. The van der Waals surface area contributed by atoms with Crippen LogP contribution in [0.5, 0.6) is 0 Å². The minimum absolute atomic E-state index is 0.0269. The molecule has 1 atom stereocenters. The fourth-order valence-electron chi connectivity index (χ4n) is 4.22. The number of benzene rings is 1. The van der Waals surface area contributed by atoms with Crippen molar-refractivity contribution in [2.24, 2.45) is 11.3 Å². The Hall–Kier alpha value is -2.40. The summed E-state index contributed by atoms with van der Waals surface area (Å²) in [5.41, 5.74) is 3.31. The third-order valence-electron chi connectivity index (χ3n) is 5.44. The van der Waals surface area contributed by atoms with Crippen LogP contribution >= 0.6 is 11.3 Å². The molecule has 0 saturated heterocycles.